The lowest BCUT2D eigenvalue weighted by atomic mass is 9.97. The van der Waals surface area contributed by atoms with Crippen LogP contribution in [0, 0.1) is 0 Å². The number of hydrogen-bond acceptors (Lipinski definition) is 18. The monoisotopic (exact) mass is 660 g/mol. The average Bonchev–Trinajstić information content (AvgIpc) is 2.94. The minimum Gasteiger partial charge on any atom is -0.456 e. The van der Waals surface area contributed by atoms with Crippen LogP contribution in [-0.2, 0) is 76.1 Å². The standard InChI is InChI=1S/C28H40N2O16/c1-13(31)39-21-19(45-27(37-7)25(43-17(5)35)23(21)41-15(3)33)11-29-9-10-30-12-20-22(40-14(2)32)24(42-16(4)34)26(44-18(6)36)28(38-8)46-20/h9-10,19-28H,11-12H2,1-8H3/t19-,20-,21-,22-,23+,24+,25-,26-,27+,28+/m1/s1. The lowest BCUT2D eigenvalue weighted by molar-refractivity contribution is -0.296. The van der Waals surface area contributed by atoms with E-state index >= 15 is 0 Å². The van der Waals surface area contributed by atoms with Crippen molar-refractivity contribution >= 4 is 48.2 Å². The van der Waals surface area contributed by atoms with Crippen LogP contribution < -0.4 is 0 Å². The molecular formula is C28H40N2O16. The van der Waals surface area contributed by atoms with E-state index in [0.29, 0.717) is 0 Å². The topological polar surface area (TPSA) is 219 Å². The quantitative estimate of drug-likeness (QED) is 0.138. The van der Waals surface area contributed by atoms with Crippen molar-refractivity contribution in [2.45, 2.75) is 103 Å². The van der Waals surface area contributed by atoms with Gasteiger partial charge in [-0.1, -0.05) is 0 Å². The molecule has 0 bridgehead atoms. The van der Waals surface area contributed by atoms with Crippen LogP contribution >= 0.6 is 0 Å². The maximum Gasteiger partial charge on any atom is 0.303 e. The molecule has 18 nitrogen and oxygen atoms in total. The van der Waals surface area contributed by atoms with E-state index in [-0.39, 0.29) is 13.1 Å². The van der Waals surface area contributed by atoms with Gasteiger partial charge in [0.25, 0.3) is 0 Å². The Bertz CT molecular complexity index is 1070. The summed E-state index contributed by atoms with van der Waals surface area (Å²) in [6, 6.07) is 0. The molecule has 2 aliphatic heterocycles. The molecule has 18 heteroatoms. The summed E-state index contributed by atoms with van der Waals surface area (Å²) in [5.41, 5.74) is 0. The van der Waals surface area contributed by atoms with E-state index in [9.17, 15) is 28.8 Å². The van der Waals surface area contributed by atoms with E-state index in [1.54, 1.807) is 0 Å². The minimum absolute atomic E-state index is 0.144. The molecule has 2 saturated heterocycles. The maximum absolute atomic E-state index is 11.9. The van der Waals surface area contributed by atoms with Crippen LogP contribution in [0.4, 0.5) is 0 Å². The van der Waals surface area contributed by atoms with Gasteiger partial charge in [0.05, 0.1) is 13.1 Å². The number of ether oxygens (including phenoxy) is 10. The Hall–Kier alpha value is -4.00. The molecule has 0 unspecified atom stereocenters. The number of methoxy groups -OCH3 is 2. The van der Waals surface area contributed by atoms with Crippen molar-refractivity contribution < 1.29 is 76.1 Å². The SMILES string of the molecule is CO[C@H]1O[C@H](CN=CC=NC[C@H]2O[C@H](OC)[C@H](OC(C)=O)[C@@H](OC(C)=O)[C@@H]2OC(C)=O)[C@@H](OC(C)=O)[C@H](OC(C)=O)[C@H]1OC(C)=O. The van der Waals surface area contributed by atoms with E-state index in [1.165, 1.54) is 26.6 Å². The first-order valence-electron chi connectivity index (χ1n) is 14.1. The smallest absolute Gasteiger partial charge is 0.303 e. The first kappa shape index (κ1) is 38.2. The van der Waals surface area contributed by atoms with Crippen molar-refractivity contribution in [3.05, 3.63) is 0 Å². The second-order valence-corrected chi connectivity index (χ2v) is 10.0. The van der Waals surface area contributed by atoms with Crippen molar-refractivity contribution in [2.75, 3.05) is 27.3 Å². The van der Waals surface area contributed by atoms with Crippen molar-refractivity contribution in [2.24, 2.45) is 9.98 Å². The molecule has 2 aliphatic rings. The molecule has 0 aromatic rings. The van der Waals surface area contributed by atoms with Gasteiger partial charge in [-0.25, -0.2) is 0 Å². The fraction of sp³-hybridized carbons (Fsp3) is 0.714. The Kier molecular flexibility index (Phi) is 15.1. The zero-order valence-corrected chi connectivity index (χ0v) is 26.8. The van der Waals surface area contributed by atoms with Crippen molar-refractivity contribution in [3.63, 3.8) is 0 Å². The summed E-state index contributed by atoms with van der Waals surface area (Å²) >= 11 is 0. The maximum atomic E-state index is 11.9. The second-order valence-electron chi connectivity index (χ2n) is 10.0. The van der Waals surface area contributed by atoms with E-state index in [4.69, 9.17) is 47.4 Å². The van der Waals surface area contributed by atoms with E-state index in [2.05, 4.69) is 9.98 Å². The molecule has 0 N–H and O–H groups in total. The molecule has 0 spiro atoms. The summed E-state index contributed by atoms with van der Waals surface area (Å²) in [6.07, 6.45) is -9.28. The third kappa shape index (κ3) is 11.4. The van der Waals surface area contributed by atoms with Gasteiger partial charge in [-0.2, -0.15) is 0 Å². The second kappa shape index (κ2) is 18.2. The molecule has 46 heavy (non-hydrogen) atoms. The summed E-state index contributed by atoms with van der Waals surface area (Å²) in [5.74, 6) is -4.31. The number of esters is 6. The fourth-order valence-electron chi connectivity index (χ4n) is 4.81. The number of hydrogen-bond donors (Lipinski definition) is 0. The van der Waals surface area contributed by atoms with Gasteiger partial charge in [-0.05, 0) is 0 Å². The molecule has 0 saturated carbocycles. The van der Waals surface area contributed by atoms with Crippen molar-refractivity contribution in [3.8, 4) is 0 Å². The van der Waals surface area contributed by atoms with Crippen LogP contribution in [0.2, 0.25) is 0 Å². The summed E-state index contributed by atoms with van der Waals surface area (Å²) in [5, 5.41) is 0. The third-order valence-corrected chi connectivity index (χ3v) is 6.31. The Labute approximate surface area is 264 Å². The average molecular weight is 661 g/mol. The van der Waals surface area contributed by atoms with Gasteiger partial charge in [0.2, 0.25) is 0 Å². The number of nitrogens with zero attached hydrogens (tertiary/aromatic N) is 2. The van der Waals surface area contributed by atoms with Crippen molar-refractivity contribution in [1.82, 2.24) is 0 Å². The molecule has 2 rings (SSSR count). The number of carbonyl (C=O) groups is 6. The van der Waals surface area contributed by atoms with Gasteiger partial charge in [-0.15, -0.1) is 0 Å². The lowest BCUT2D eigenvalue weighted by Gasteiger charge is -2.43. The molecular weight excluding hydrogens is 620 g/mol. The summed E-state index contributed by atoms with van der Waals surface area (Å²) < 4.78 is 54.3. The molecule has 10 atom stereocenters. The third-order valence-electron chi connectivity index (χ3n) is 6.31. The van der Waals surface area contributed by atoms with E-state index in [0.717, 1.165) is 41.5 Å². The molecule has 0 aromatic carbocycles. The highest BCUT2D eigenvalue weighted by molar-refractivity contribution is 6.16. The van der Waals surface area contributed by atoms with Crippen LogP contribution in [0.3, 0.4) is 0 Å². The van der Waals surface area contributed by atoms with Gasteiger partial charge in [0.15, 0.2) is 49.2 Å². The first-order chi connectivity index (χ1) is 21.7. The van der Waals surface area contributed by atoms with Crippen molar-refractivity contribution in [1.29, 1.82) is 0 Å². The van der Waals surface area contributed by atoms with E-state index in [1.807, 2.05) is 0 Å². The number of carbonyl (C=O) groups excluding carboxylic acids is 6. The predicted octanol–water partition coefficient (Wildman–Crippen LogP) is -0.539. The molecule has 0 aromatic heterocycles. The Morgan fingerprint density at radius 1 is 0.478 bits per heavy atom. The van der Waals surface area contributed by atoms with Gasteiger partial charge in [0.1, 0.15) is 12.2 Å². The zero-order chi connectivity index (χ0) is 34.6. The van der Waals surface area contributed by atoms with Crippen LogP contribution in [0.1, 0.15) is 41.5 Å². The summed E-state index contributed by atoms with van der Waals surface area (Å²) in [4.78, 5) is 79.5. The molecule has 0 amide bonds. The molecule has 0 radical (unpaired) electrons. The van der Waals surface area contributed by atoms with Crippen LogP contribution in [0.25, 0.3) is 0 Å². The van der Waals surface area contributed by atoms with Crippen LogP contribution in [0.15, 0.2) is 9.98 Å². The van der Waals surface area contributed by atoms with Gasteiger partial charge in [0, 0.05) is 68.2 Å². The van der Waals surface area contributed by atoms with Gasteiger partial charge >= 0.3 is 35.8 Å². The van der Waals surface area contributed by atoms with Crippen LogP contribution in [-0.4, -0.2) is 137 Å². The largest absolute Gasteiger partial charge is 0.456 e. The summed E-state index contributed by atoms with van der Waals surface area (Å²) in [6.45, 7) is 6.56. The molecule has 258 valence electrons. The highest BCUT2D eigenvalue weighted by Gasteiger charge is 2.53. The normalized spacial score (nSPS) is 31.1. The Morgan fingerprint density at radius 2 is 0.739 bits per heavy atom. The molecule has 2 heterocycles. The summed E-state index contributed by atoms with van der Waals surface area (Å²) in [7, 11) is 2.58. The highest BCUT2D eigenvalue weighted by Crippen LogP contribution is 2.31. The number of rotatable bonds is 13. The Morgan fingerprint density at radius 3 is 1.00 bits per heavy atom. The lowest BCUT2D eigenvalue weighted by Crippen LogP contribution is -2.62. The molecule has 2 fully saturated rings. The zero-order valence-electron chi connectivity index (χ0n) is 26.8. The molecule has 0 aliphatic carbocycles. The predicted molar refractivity (Wildman–Crippen MR) is 151 cm³/mol. The highest BCUT2D eigenvalue weighted by atomic mass is 16.7. The van der Waals surface area contributed by atoms with Gasteiger partial charge < -0.3 is 47.4 Å². The number of aliphatic imine (C=N–C) groups is 2. The minimum atomic E-state index is -1.27. The first-order valence-corrected chi connectivity index (χ1v) is 14.1. The van der Waals surface area contributed by atoms with Gasteiger partial charge in [-0.3, -0.25) is 38.8 Å². The fourth-order valence-corrected chi connectivity index (χ4v) is 4.81. The van der Waals surface area contributed by atoms with E-state index < -0.39 is 97.2 Å². The Balaban J connectivity index is 2.24. The van der Waals surface area contributed by atoms with Crippen LogP contribution in [0.5, 0.6) is 0 Å².